The lowest BCUT2D eigenvalue weighted by Gasteiger charge is -2.15. The van der Waals surface area contributed by atoms with E-state index < -0.39 is 30.0 Å². The molecular weight excluding hydrogens is 413 g/mol. The van der Waals surface area contributed by atoms with E-state index in [1.54, 1.807) is 6.07 Å². The lowest BCUT2D eigenvalue weighted by molar-refractivity contribution is -0.274. The van der Waals surface area contributed by atoms with Gasteiger partial charge in [0.05, 0.1) is 12.1 Å². The minimum Gasteiger partial charge on any atom is -0.405 e. The molecule has 0 bridgehead atoms. The summed E-state index contributed by atoms with van der Waals surface area (Å²) < 4.78 is 41.5. The maximum atomic E-state index is 12.5. The van der Waals surface area contributed by atoms with Crippen molar-refractivity contribution in [2.75, 3.05) is 5.32 Å². The molecule has 0 spiro atoms. The summed E-state index contributed by atoms with van der Waals surface area (Å²) in [4.78, 5) is 24.6. The van der Waals surface area contributed by atoms with Crippen LogP contribution in [0.2, 0.25) is 0 Å². The SMILES string of the molecule is CC(NC(=O)Cc1ccccc1OC(F)(F)F)C(=O)Nc1cc(-c2ccccc2)n[nH]1. The number of nitrogens with one attached hydrogen (secondary N) is 3. The minimum absolute atomic E-state index is 0.0472. The van der Waals surface area contributed by atoms with Gasteiger partial charge in [0.25, 0.3) is 0 Å². The molecule has 31 heavy (non-hydrogen) atoms. The molecular formula is C21H19F3N4O3. The van der Waals surface area contributed by atoms with E-state index in [0.29, 0.717) is 11.5 Å². The van der Waals surface area contributed by atoms with Crippen molar-refractivity contribution in [3.63, 3.8) is 0 Å². The van der Waals surface area contributed by atoms with Crippen LogP contribution in [0.1, 0.15) is 12.5 Å². The summed E-state index contributed by atoms with van der Waals surface area (Å²) >= 11 is 0. The van der Waals surface area contributed by atoms with Gasteiger partial charge < -0.3 is 15.4 Å². The molecule has 0 saturated carbocycles. The third-order valence-electron chi connectivity index (χ3n) is 4.23. The number of alkyl halides is 3. The standard InChI is InChI=1S/C21H19F3N4O3/c1-13(20(30)26-18-12-16(27-28-18)14-7-3-2-4-8-14)25-19(29)11-15-9-5-6-10-17(15)31-21(22,23)24/h2-10,12-13H,11H2,1H3,(H,25,29)(H2,26,27,28,30). The summed E-state index contributed by atoms with van der Waals surface area (Å²) in [5.41, 5.74) is 1.54. The van der Waals surface area contributed by atoms with Crippen LogP contribution in [0.5, 0.6) is 5.75 Å². The first-order valence-corrected chi connectivity index (χ1v) is 9.26. The number of carbonyl (C=O) groups is 2. The summed E-state index contributed by atoms with van der Waals surface area (Å²) in [5, 5.41) is 11.9. The number of para-hydroxylation sites is 1. The Kier molecular flexibility index (Phi) is 6.58. The van der Waals surface area contributed by atoms with Gasteiger partial charge in [0.2, 0.25) is 11.8 Å². The van der Waals surface area contributed by atoms with E-state index in [4.69, 9.17) is 0 Å². The lowest BCUT2D eigenvalue weighted by Crippen LogP contribution is -2.42. The Morgan fingerprint density at radius 1 is 1.10 bits per heavy atom. The second-order valence-electron chi connectivity index (χ2n) is 6.64. The maximum Gasteiger partial charge on any atom is 0.573 e. The fraction of sp³-hybridized carbons (Fsp3) is 0.190. The Bertz CT molecular complexity index is 1050. The van der Waals surface area contributed by atoms with Crippen molar-refractivity contribution in [3.8, 4) is 17.0 Å². The number of nitrogens with zero attached hydrogens (tertiary/aromatic N) is 1. The molecule has 0 aliphatic heterocycles. The molecule has 1 aromatic heterocycles. The van der Waals surface area contributed by atoms with Crippen molar-refractivity contribution < 1.29 is 27.5 Å². The Balaban J connectivity index is 1.57. The summed E-state index contributed by atoms with van der Waals surface area (Å²) in [6, 6.07) is 15.4. The molecule has 3 rings (SSSR count). The first-order valence-electron chi connectivity index (χ1n) is 9.26. The number of benzene rings is 2. The van der Waals surface area contributed by atoms with Gasteiger partial charge in [-0.15, -0.1) is 13.2 Å². The van der Waals surface area contributed by atoms with E-state index in [1.807, 2.05) is 30.3 Å². The molecule has 0 aliphatic rings. The lowest BCUT2D eigenvalue weighted by atomic mass is 10.1. The summed E-state index contributed by atoms with van der Waals surface area (Å²) in [6.45, 7) is 1.46. The summed E-state index contributed by atoms with van der Waals surface area (Å²) in [7, 11) is 0. The van der Waals surface area contributed by atoms with Gasteiger partial charge in [-0.2, -0.15) is 5.10 Å². The highest BCUT2D eigenvalue weighted by molar-refractivity contribution is 5.96. The van der Waals surface area contributed by atoms with Crippen molar-refractivity contribution in [2.45, 2.75) is 25.7 Å². The third kappa shape index (κ3) is 6.33. The molecule has 1 unspecified atom stereocenters. The quantitative estimate of drug-likeness (QED) is 0.531. The average Bonchev–Trinajstić information content (AvgIpc) is 3.17. The molecule has 3 aromatic rings. The van der Waals surface area contributed by atoms with Crippen LogP contribution < -0.4 is 15.4 Å². The van der Waals surface area contributed by atoms with E-state index >= 15 is 0 Å². The number of rotatable bonds is 7. The van der Waals surface area contributed by atoms with E-state index in [0.717, 1.165) is 11.6 Å². The van der Waals surface area contributed by atoms with Gasteiger partial charge in [0, 0.05) is 17.2 Å². The Morgan fingerprint density at radius 2 is 1.77 bits per heavy atom. The molecule has 3 N–H and O–H groups in total. The number of hydrogen-bond acceptors (Lipinski definition) is 4. The monoisotopic (exact) mass is 432 g/mol. The molecule has 0 fully saturated rings. The molecule has 2 amide bonds. The molecule has 0 saturated heterocycles. The van der Waals surface area contributed by atoms with Crippen LogP contribution >= 0.6 is 0 Å². The number of H-pyrrole nitrogens is 1. The van der Waals surface area contributed by atoms with E-state index in [9.17, 15) is 22.8 Å². The molecule has 7 nitrogen and oxygen atoms in total. The average molecular weight is 432 g/mol. The highest BCUT2D eigenvalue weighted by Crippen LogP contribution is 2.26. The largest absolute Gasteiger partial charge is 0.573 e. The van der Waals surface area contributed by atoms with Crippen LogP contribution in [0.15, 0.2) is 60.7 Å². The fourth-order valence-corrected chi connectivity index (χ4v) is 2.79. The number of hydrogen-bond donors (Lipinski definition) is 3. The maximum absolute atomic E-state index is 12.5. The Morgan fingerprint density at radius 3 is 2.48 bits per heavy atom. The summed E-state index contributed by atoms with van der Waals surface area (Å²) in [5.74, 6) is -1.27. The van der Waals surface area contributed by atoms with Gasteiger partial charge >= 0.3 is 6.36 Å². The number of ether oxygens (including phenoxy) is 1. The number of aromatic nitrogens is 2. The number of anilines is 1. The van der Waals surface area contributed by atoms with Gasteiger partial charge in [-0.1, -0.05) is 48.5 Å². The molecule has 2 aromatic carbocycles. The number of halogens is 3. The van der Waals surface area contributed by atoms with Gasteiger partial charge in [-0.3, -0.25) is 14.7 Å². The van der Waals surface area contributed by atoms with Crippen LogP contribution in [0.25, 0.3) is 11.3 Å². The first kappa shape index (κ1) is 21.9. The smallest absolute Gasteiger partial charge is 0.405 e. The topological polar surface area (TPSA) is 96.1 Å². The first-order chi connectivity index (χ1) is 14.7. The van der Waals surface area contributed by atoms with Crippen LogP contribution in [-0.2, 0) is 16.0 Å². The van der Waals surface area contributed by atoms with Crippen molar-refractivity contribution in [1.82, 2.24) is 15.5 Å². The Labute approximate surface area is 175 Å². The summed E-state index contributed by atoms with van der Waals surface area (Å²) in [6.07, 6.45) is -5.26. The second kappa shape index (κ2) is 9.33. The molecule has 1 heterocycles. The van der Waals surface area contributed by atoms with Gasteiger partial charge in [-0.05, 0) is 13.0 Å². The zero-order valence-corrected chi connectivity index (χ0v) is 16.4. The highest BCUT2D eigenvalue weighted by atomic mass is 19.4. The Hall–Kier alpha value is -3.82. The van der Waals surface area contributed by atoms with E-state index in [-0.39, 0.29) is 12.0 Å². The van der Waals surface area contributed by atoms with Crippen LogP contribution in [0, 0.1) is 0 Å². The van der Waals surface area contributed by atoms with Gasteiger partial charge in [0.1, 0.15) is 17.6 Å². The fourth-order valence-electron chi connectivity index (χ4n) is 2.79. The van der Waals surface area contributed by atoms with Crippen LogP contribution in [-0.4, -0.2) is 34.4 Å². The normalized spacial score (nSPS) is 12.1. The van der Waals surface area contributed by atoms with Crippen LogP contribution in [0.4, 0.5) is 19.0 Å². The van der Waals surface area contributed by atoms with Crippen molar-refractivity contribution >= 4 is 17.6 Å². The number of carbonyl (C=O) groups excluding carboxylic acids is 2. The van der Waals surface area contributed by atoms with Crippen molar-refractivity contribution in [3.05, 3.63) is 66.2 Å². The predicted octanol–water partition coefficient (Wildman–Crippen LogP) is 3.66. The highest BCUT2D eigenvalue weighted by Gasteiger charge is 2.32. The zero-order chi connectivity index (χ0) is 22.4. The van der Waals surface area contributed by atoms with Crippen molar-refractivity contribution in [1.29, 1.82) is 0 Å². The van der Waals surface area contributed by atoms with Crippen molar-refractivity contribution in [2.24, 2.45) is 0 Å². The van der Waals surface area contributed by atoms with E-state index in [1.165, 1.54) is 25.1 Å². The predicted molar refractivity (Wildman–Crippen MR) is 107 cm³/mol. The van der Waals surface area contributed by atoms with Crippen LogP contribution in [0.3, 0.4) is 0 Å². The zero-order valence-electron chi connectivity index (χ0n) is 16.4. The molecule has 10 heteroatoms. The molecule has 162 valence electrons. The molecule has 0 aliphatic carbocycles. The number of aromatic amines is 1. The minimum atomic E-state index is -4.87. The van der Waals surface area contributed by atoms with Gasteiger partial charge in [0.15, 0.2) is 0 Å². The number of amides is 2. The molecule has 1 atom stereocenters. The third-order valence-corrected chi connectivity index (χ3v) is 4.23. The second-order valence-corrected chi connectivity index (χ2v) is 6.64. The molecule has 0 radical (unpaired) electrons. The van der Waals surface area contributed by atoms with Gasteiger partial charge in [-0.25, -0.2) is 0 Å². The van der Waals surface area contributed by atoms with E-state index in [2.05, 4.69) is 25.6 Å².